The van der Waals surface area contributed by atoms with Crippen molar-refractivity contribution in [2.45, 2.75) is 64.7 Å². The van der Waals surface area contributed by atoms with E-state index in [0.717, 1.165) is 21.0 Å². The molecule has 2 aromatic carbocycles. The van der Waals surface area contributed by atoms with Crippen LogP contribution >= 0.6 is 0 Å². The van der Waals surface area contributed by atoms with E-state index in [1.54, 1.807) is 31.2 Å². The fourth-order valence-corrected chi connectivity index (χ4v) is 4.62. The molecular formula is C22H29NO3S. The predicted molar refractivity (Wildman–Crippen MR) is 111 cm³/mol. The minimum absolute atomic E-state index is 0.0825. The molecule has 2 rings (SSSR count). The molecule has 0 saturated carbocycles. The van der Waals surface area contributed by atoms with Gasteiger partial charge in [0.1, 0.15) is 0 Å². The van der Waals surface area contributed by atoms with Crippen LogP contribution in [0.25, 0.3) is 0 Å². The first-order valence-corrected chi connectivity index (χ1v) is 10.8. The number of nitrogens with zero attached hydrogens (tertiary/aromatic N) is 1. The second kappa shape index (κ2) is 8.26. The average Bonchev–Trinajstić information content (AvgIpc) is 2.61. The Hall–Kier alpha value is -2.14. The third kappa shape index (κ3) is 4.24. The number of para-hydroxylation sites is 1. The van der Waals surface area contributed by atoms with Crippen LogP contribution in [0.5, 0.6) is 0 Å². The van der Waals surface area contributed by atoms with Gasteiger partial charge in [-0.3, -0.25) is 4.79 Å². The zero-order chi connectivity index (χ0) is 20.4. The molecule has 2 aromatic rings. The largest absolute Gasteiger partial charge is 0.273 e. The number of hydrogen-bond acceptors (Lipinski definition) is 3. The number of sulfonamides is 1. The first-order chi connectivity index (χ1) is 12.6. The van der Waals surface area contributed by atoms with Gasteiger partial charge >= 0.3 is 0 Å². The Morgan fingerprint density at radius 3 is 1.81 bits per heavy atom. The first kappa shape index (κ1) is 21.2. The minimum Gasteiger partial charge on any atom is -0.273 e. The van der Waals surface area contributed by atoms with Crippen molar-refractivity contribution in [1.82, 2.24) is 0 Å². The summed E-state index contributed by atoms with van der Waals surface area (Å²) in [6.45, 7) is 11.6. The molecule has 0 aliphatic heterocycles. The number of amides is 1. The molecule has 0 radical (unpaired) electrons. The molecule has 27 heavy (non-hydrogen) atoms. The van der Waals surface area contributed by atoms with Crippen LogP contribution in [-0.2, 0) is 14.8 Å². The van der Waals surface area contributed by atoms with Gasteiger partial charge in [0, 0.05) is 6.42 Å². The van der Waals surface area contributed by atoms with Crippen molar-refractivity contribution in [3.63, 3.8) is 0 Å². The summed E-state index contributed by atoms with van der Waals surface area (Å²) in [7, 11) is -4.01. The molecule has 0 aliphatic carbocycles. The number of carbonyl (C=O) groups is 1. The first-order valence-electron chi connectivity index (χ1n) is 9.38. The van der Waals surface area contributed by atoms with Gasteiger partial charge < -0.3 is 0 Å². The monoisotopic (exact) mass is 387 g/mol. The fraction of sp³-hybridized carbons (Fsp3) is 0.409. The van der Waals surface area contributed by atoms with Crippen LogP contribution in [0.1, 0.15) is 69.6 Å². The summed E-state index contributed by atoms with van der Waals surface area (Å²) in [5, 5.41) is 0. The fourth-order valence-electron chi connectivity index (χ4n) is 3.08. The maximum absolute atomic E-state index is 13.5. The Morgan fingerprint density at radius 1 is 0.926 bits per heavy atom. The van der Waals surface area contributed by atoms with Crippen molar-refractivity contribution in [1.29, 1.82) is 0 Å². The third-order valence-electron chi connectivity index (χ3n) is 4.63. The molecule has 146 valence electrons. The number of benzene rings is 2. The van der Waals surface area contributed by atoms with E-state index in [0.29, 0.717) is 5.69 Å². The molecular weight excluding hydrogens is 358 g/mol. The summed E-state index contributed by atoms with van der Waals surface area (Å²) in [5.41, 5.74) is 3.19. The lowest BCUT2D eigenvalue weighted by Crippen LogP contribution is -2.38. The molecule has 0 spiro atoms. The zero-order valence-electron chi connectivity index (χ0n) is 17.0. The second-order valence-electron chi connectivity index (χ2n) is 7.42. The molecule has 0 fully saturated rings. The molecule has 0 saturated heterocycles. The quantitative estimate of drug-likeness (QED) is 0.669. The Labute approximate surface area is 163 Å². The highest BCUT2D eigenvalue weighted by atomic mass is 32.2. The molecule has 4 nitrogen and oxygen atoms in total. The summed E-state index contributed by atoms with van der Waals surface area (Å²) in [6.07, 6.45) is 0.106. The van der Waals surface area contributed by atoms with E-state index in [9.17, 15) is 13.2 Å². The molecule has 0 aliphatic rings. The average molecular weight is 388 g/mol. The molecule has 1 amide bonds. The number of carbonyl (C=O) groups excluding carboxylic acids is 1. The smallest absolute Gasteiger partial charge is 0.270 e. The van der Waals surface area contributed by atoms with E-state index >= 15 is 0 Å². The highest BCUT2D eigenvalue weighted by molar-refractivity contribution is 7.93. The molecule has 0 atom stereocenters. The van der Waals surface area contributed by atoms with Gasteiger partial charge in [0.15, 0.2) is 0 Å². The standard InChI is InChI=1S/C22H29NO3S/c1-7-21(24)23(27(25,26)18-13-11-17(6)12-14-18)22-19(15(2)3)9-8-10-20(22)16(4)5/h8-16H,7H2,1-6H3. The Bertz CT molecular complexity index is 887. The second-order valence-corrected chi connectivity index (χ2v) is 9.21. The summed E-state index contributed by atoms with van der Waals surface area (Å²) in [4.78, 5) is 13.0. The van der Waals surface area contributed by atoms with Crippen LogP contribution < -0.4 is 4.31 Å². The molecule has 0 unspecified atom stereocenters. The Morgan fingerprint density at radius 2 is 1.41 bits per heavy atom. The van der Waals surface area contributed by atoms with Gasteiger partial charge in [-0.15, -0.1) is 0 Å². The van der Waals surface area contributed by atoms with E-state index in [4.69, 9.17) is 0 Å². The van der Waals surface area contributed by atoms with Gasteiger partial charge in [-0.1, -0.05) is 70.5 Å². The summed E-state index contributed by atoms with van der Waals surface area (Å²) in [6, 6.07) is 12.4. The lowest BCUT2D eigenvalue weighted by Gasteiger charge is -2.29. The van der Waals surface area contributed by atoms with Crippen molar-refractivity contribution in [3.8, 4) is 0 Å². The van der Waals surface area contributed by atoms with E-state index in [-0.39, 0.29) is 23.2 Å². The van der Waals surface area contributed by atoms with Gasteiger partial charge in [-0.05, 0) is 42.0 Å². The van der Waals surface area contributed by atoms with Gasteiger partial charge in [-0.25, -0.2) is 12.7 Å². The molecule has 0 bridgehead atoms. The number of anilines is 1. The van der Waals surface area contributed by atoms with Crippen LogP contribution in [-0.4, -0.2) is 14.3 Å². The van der Waals surface area contributed by atoms with Crippen LogP contribution in [0, 0.1) is 6.92 Å². The molecule has 0 N–H and O–H groups in total. The van der Waals surface area contributed by atoms with Crippen LogP contribution in [0.4, 0.5) is 5.69 Å². The topological polar surface area (TPSA) is 54.5 Å². The van der Waals surface area contributed by atoms with Gasteiger partial charge in [0.05, 0.1) is 10.6 Å². The molecule has 5 heteroatoms. The normalized spacial score (nSPS) is 11.9. The summed E-state index contributed by atoms with van der Waals surface area (Å²) in [5.74, 6) is -0.260. The molecule has 0 aromatic heterocycles. The van der Waals surface area contributed by atoms with E-state index in [2.05, 4.69) is 0 Å². The van der Waals surface area contributed by atoms with Crippen molar-refractivity contribution < 1.29 is 13.2 Å². The van der Waals surface area contributed by atoms with Crippen LogP contribution in [0.3, 0.4) is 0 Å². The lowest BCUT2D eigenvalue weighted by molar-refractivity contribution is -0.117. The van der Waals surface area contributed by atoms with Crippen LogP contribution in [0.15, 0.2) is 47.4 Å². The predicted octanol–water partition coefficient (Wildman–Crippen LogP) is 5.37. The number of aryl methyl sites for hydroxylation is 1. The zero-order valence-corrected chi connectivity index (χ0v) is 17.8. The lowest BCUT2D eigenvalue weighted by atomic mass is 9.92. The van der Waals surface area contributed by atoms with Crippen molar-refractivity contribution in [2.24, 2.45) is 0 Å². The molecule has 0 heterocycles. The number of rotatable bonds is 6. The maximum Gasteiger partial charge on any atom is 0.270 e. The Kier molecular flexibility index (Phi) is 6.47. The van der Waals surface area contributed by atoms with E-state index in [1.165, 1.54) is 0 Å². The minimum atomic E-state index is -4.01. The van der Waals surface area contributed by atoms with Gasteiger partial charge in [0.2, 0.25) is 5.91 Å². The maximum atomic E-state index is 13.5. The van der Waals surface area contributed by atoms with E-state index in [1.807, 2.05) is 52.8 Å². The summed E-state index contributed by atoms with van der Waals surface area (Å²) < 4.78 is 28.0. The van der Waals surface area contributed by atoms with Gasteiger partial charge in [-0.2, -0.15) is 0 Å². The van der Waals surface area contributed by atoms with Crippen molar-refractivity contribution >= 4 is 21.6 Å². The van der Waals surface area contributed by atoms with Crippen molar-refractivity contribution in [3.05, 3.63) is 59.2 Å². The highest BCUT2D eigenvalue weighted by Gasteiger charge is 2.34. The summed E-state index contributed by atoms with van der Waals surface area (Å²) >= 11 is 0. The van der Waals surface area contributed by atoms with Crippen molar-refractivity contribution in [2.75, 3.05) is 4.31 Å². The van der Waals surface area contributed by atoms with E-state index < -0.39 is 15.9 Å². The Balaban J connectivity index is 2.83. The SMILES string of the molecule is CCC(=O)N(c1c(C(C)C)cccc1C(C)C)S(=O)(=O)c1ccc(C)cc1. The number of hydrogen-bond donors (Lipinski definition) is 0. The van der Waals surface area contributed by atoms with Crippen LogP contribution in [0.2, 0.25) is 0 Å². The highest BCUT2D eigenvalue weighted by Crippen LogP contribution is 2.38. The van der Waals surface area contributed by atoms with Gasteiger partial charge in [0.25, 0.3) is 10.0 Å². The third-order valence-corrected chi connectivity index (χ3v) is 6.37.